The van der Waals surface area contributed by atoms with Crippen LogP contribution in [0, 0.1) is 0 Å². The standard InChI is InChI=1S/4C9H15NO6/c4*1-4-7(10-5(2)11)6(12)3-9(15,16-4)8(13)14/h4*4,6-7,12,15H,3H2,1-2H3,(H,10,11)(H,13,14). The predicted octanol–water partition coefficient (Wildman–Crippen LogP) is -6.26. The molecule has 64 heavy (non-hydrogen) atoms. The zero-order chi connectivity index (χ0) is 50.0. The van der Waals surface area contributed by atoms with Crippen LogP contribution in [0.5, 0.6) is 0 Å². The Morgan fingerprint density at radius 3 is 0.609 bits per heavy atom. The largest absolute Gasteiger partial charge is 0.477 e. The molecule has 16 unspecified atom stereocenters. The van der Waals surface area contributed by atoms with E-state index in [0.717, 1.165) is 0 Å². The van der Waals surface area contributed by atoms with Crippen LogP contribution in [0.4, 0.5) is 0 Å². The van der Waals surface area contributed by atoms with Crippen LogP contribution in [-0.4, -0.2) is 205 Å². The van der Waals surface area contributed by atoms with Gasteiger partial charge < -0.3 is 101 Å². The Morgan fingerprint density at radius 1 is 0.375 bits per heavy atom. The Morgan fingerprint density at radius 2 is 0.516 bits per heavy atom. The summed E-state index contributed by atoms with van der Waals surface area (Å²) in [5.41, 5.74) is 0. The molecule has 28 nitrogen and oxygen atoms in total. The molecular weight excluding hydrogens is 872 g/mol. The molecule has 4 saturated heterocycles. The van der Waals surface area contributed by atoms with E-state index >= 15 is 0 Å². The van der Waals surface area contributed by atoms with Crippen molar-refractivity contribution in [1.82, 2.24) is 21.3 Å². The molecule has 4 amide bonds. The van der Waals surface area contributed by atoms with Gasteiger partial charge in [-0.1, -0.05) is 0 Å². The quantitative estimate of drug-likeness (QED) is 0.108. The molecular formula is C36H60N4O24. The Hall–Kier alpha value is -4.72. The summed E-state index contributed by atoms with van der Waals surface area (Å²) in [4.78, 5) is 86.3. The summed E-state index contributed by atoms with van der Waals surface area (Å²) in [6.07, 6.45) is -9.83. The van der Waals surface area contributed by atoms with Crippen molar-refractivity contribution < 1.29 is 119 Å². The van der Waals surface area contributed by atoms with Crippen LogP contribution in [0.2, 0.25) is 0 Å². The summed E-state index contributed by atoms with van der Waals surface area (Å²) >= 11 is 0. The van der Waals surface area contributed by atoms with Gasteiger partial charge in [0.15, 0.2) is 0 Å². The lowest BCUT2D eigenvalue weighted by Gasteiger charge is -2.40. The lowest BCUT2D eigenvalue weighted by molar-refractivity contribution is -0.273. The van der Waals surface area contributed by atoms with Gasteiger partial charge >= 0.3 is 23.9 Å². The number of amides is 4. The van der Waals surface area contributed by atoms with Crippen LogP contribution in [0.25, 0.3) is 0 Å². The molecule has 16 N–H and O–H groups in total. The van der Waals surface area contributed by atoms with E-state index in [0.29, 0.717) is 0 Å². The molecule has 4 aliphatic rings. The zero-order valence-electron chi connectivity index (χ0n) is 36.0. The van der Waals surface area contributed by atoms with Gasteiger partial charge in [-0.15, -0.1) is 0 Å². The minimum absolute atomic E-state index is 0.361. The van der Waals surface area contributed by atoms with Crippen LogP contribution in [-0.2, 0) is 57.3 Å². The normalized spacial score (nSPS) is 39.1. The highest BCUT2D eigenvalue weighted by Crippen LogP contribution is 2.31. The average Bonchev–Trinajstić information content (AvgIpc) is 3.11. The number of carboxylic acids is 4. The molecule has 0 aromatic rings. The molecule has 0 radical (unpaired) electrons. The molecule has 0 saturated carbocycles. The maximum absolute atomic E-state index is 10.8. The fourth-order valence-electron chi connectivity index (χ4n) is 6.95. The molecule has 4 heterocycles. The maximum atomic E-state index is 10.8. The van der Waals surface area contributed by atoms with E-state index in [9.17, 15) is 79.2 Å². The maximum Gasteiger partial charge on any atom is 0.364 e. The number of aliphatic hydroxyl groups excluding tert-OH is 4. The molecule has 0 aliphatic carbocycles. The number of nitrogens with one attached hydrogen (secondary N) is 4. The molecule has 0 aromatic heterocycles. The molecule has 16 atom stereocenters. The van der Waals surface area contributed by atoms with Gasteiger partial charge in [-0.05, 0) is 27.7 Å². The number of rotatable bonds is 8. The fraction of sp³-hybridized carbons (Fsp3) is 0.778. The van der Waals surface area contributed by atoms with Gasteiger partial charge in [-0.25, -0.2) is 19.2 Å². The summed E-state index contributed by atoms with van der Waals surface area (Å²) in [6, 6.07) is -2.90. The smallest absolute Gasteiger partial charge is 0.364 e. The lowest BCUT2D eigenvalue weighted by atomic mass is 9.94. The van der Waals surface area contributed by atoms with Gasteiger partial charge in [0.2, 0.25) is 23.6 Å². The van der Waals surface area contributed by atoms with Crippen LogP contribution >= 0.6 is 0 Å². The number of ether oxygens (including phenoxy) is 4. The molecule has 0 spiro atoms. The van der Waals surface area contributed by atoms with Crippen molar-refractivity contribution >= 4 is 47.5 Å². The molecule has 4 fully saturated rings. The Kier molecular flexibility index (Phi) is 20.5. The highest BCUT2D eigenvalue weighted by Gasteiger charge is 2.52. The number of hydrogen-bond donors (Lipinski definition) is 16. The van der Waals surface area contributed by atoms with Crippen LogP contribution in [0.1, 0.15) is 81.1 Å². The number of aliphatic carboxylic acids is 4. The van der Waals surface area contributed by atoms with E-state index in [4.69, 9.17) is 39.4 Å². The second-order valence-corrected chi connectivity index (χ2v) is 15.6. The number of aliphatic hydroxyl groups is 8. The summed E-state index contributed by atoms with van der Waals surface area (Å²) in [5, 5.41) is 121. The first-order valence-corrected chi connectivity index (χ1v) is 19.4. The van der Waals surface area contributed by atoms with Gasteiger partial charge in [0.05, 0.1) is 73.0 Å². The van der Waals surface area contributed by atoms with Crippen molar-refractivity contribution in [3.8, 4) is 0 Å². The van der Waals surface area contributed by atoms with Crippen LogP contribution in [0.15, 0.2) is 0 Å². The number of hydrogen-bond acceptors (Lipinski definition) is 20. The molecule has 4 aliphatic heterocycles. The summed E-state index contributed by atoms with van der Waals surface area (Å²) in [6.45, 7) is 11.0. The highest BCUT2D eigenvalue weighted by molar-refractivity contribution is 5.78. The van der Waals surface area contributed by atoms with Crippen molar-refractivity contribution in [1.29, 1.82) is 0 Å². The highest BCUT2D eigenvalue weighted by atomic mass is 16.7. The summed E-state index contributed by atoms with van der Waals surface area (Å²) in [5.74, 6) is -17.2. The first-order chi connectivity index (χ1) is 29.0. The van der Waals surface area contributed by atoms with Gasteiger partial charge in [0.1, 0.15) is 0 Å². The minimum Gasteiger partial charge on any atom is -0.477 e. The van der Waals surface area contributed by atoms with Gasteiger partial charge in [-0.2, -0.15) is 0 Å². The average molecular weight is 933 g/mol. The third-order valence-corrected chi connectivity index (χ3v) is 9.96. The lowest BCUT2D eigenvalue weighted by Crippen LogP contribution is -2.62. The Labute approximate surface area is 364 Å². The topological polar surface area (TPSA) is 464 Å². The number of carboxylic acid groups (broad SMARTS) is 4. The Bertz CT molecular complexity index is 1410. The van der Waals surface area contributed by atoms with E-state index in [1.54, 1.807) is 0 Å². The van der Waals surface area contributed by atoms with E-state index in [1.807, 2.05) is 0 Å². The third-order valence-electron chi connectivity index (χ3n) is 9.96. The van der Waals surface area contributed by atoms with E-state index in [-0.39, 0.29) is 23.6 Å². The summed E-state index contributed by atoms with van der Waals surface area (Å²) < 4.78 is 19.6. The molecule has 0 bridgehead atoms. The van der Waals surface area contributed by atoms with Gasteiger partial charge in [0, 0.05) is 53.4 Å². The first kappa shape index (κ1) is 57.3. The predicted molar refractivity (Wildman–Crippen MR) is 205 cm³/mol. The van der Waals surface area contributed by atoms with Crippen LogP contribution in [0.3, 0.4) is 0 Å². The van der Waals surface area contributed by atoms with Crippen LogP contribution < -0.4 is 21.3 Å². The van der Waals surface area contributed by atoms with Crippen molar-refractivity contribution in [2.45, 2.75) is 177 Å². The molecule has 28 heteroatoms. The molecule has 4 rings (SSSR count). The third kappa shape index (κ3) is 15.8. The second kappa shape index (κ2) is 22.9. The fourth-order valence-corrected chi connectivity index (χ4v) is 6.95. The second-order valence-electron chi connectivity index (χ2n) is 15.6. The van der Waals surface area contributed by atoms with Gasteiger partial charge in [0.25, 0.3) is 23.1 Å². The Balaban J connectivity index is 0.000000427. The SMILES string of the molecule is CC(=O)NC1C(O)CC(O)(C(=O)O)OC1C.CC(=O)NC1C(O)CC(O)(C(=O)O)OC1C.CC(=O)NC1C(O)CC(O)(C(=O)O)OC1C.CC(=O)NC1C(O)CC(O)(C(=O)O)OC1C. The number of carbonyl (C=O) groups is 8. The first-order valence-electron chi connectivity index (χ1n) is 19.4. The molecule has 0 aromatic carbocycles. The molecule has 368 valence electrons. The minimum atomic E-state index is -2.40. The van der Waals surface area contributed by atoms with Crippen molar-refractivity contribution in [2.24, 2.45) is 0 Å². The number of carbonyl (C=O) groups excluding carboxylic acids is 4. The van der Waals surface area contributed by atoms with Crippen molar-refractivity contribution in [3.63, 3.8) is 0 Å². The summed E-state index contributed by atoms with van der Waals surface area (Å²) in [7, 11) is 0. The van der Waals surface area contributed by atoms with Crippen molar-refractivity contribution in [3.05, 3.63) is 0 Å². The van der Waals surface area contributed by atoms with E-state index in [1.165, 1.54) is 55.4 Å². The van der Waals surface area contributed by atoms with Gasteiger partial charge in [-0.3, -0.25) is 19.2 Å². The zero-order valence-corrected chi connectivity index (χ0v) is 36.0. The van der Waals surface area contributed by atoms with Crippen molar-refractivity contribution in [2.75, 3.05) is 0 Å². The monoisotopic (exact) mass is 932 g/mol. The van der Waals surface area contributed by atoms with E-state index in [2.05, 4.69) is 21.3 Å². The van der Waals surface area contributed by atoms with E-state index < -0.39 is 146 Å².